The van der Waals surface area contributed by atoms with Crippen molar-refractivity contribution in [2.75, 3.05) is 11.1 Å². The molecule has 6 heterocycles. The van der Waals surface area contributed by atoms with Crippen molar-refractivity contribution in [2.24, 2.45) is 0 Å². The number of pyridine rings is 3. The molecule has 6 rings (SSSR count). The number of nitrogens with one attached hydrogen (secondary N) is 3. The third kappa shape index (κ3) is 3.97. The Morgan fingerprint density at radius 2 is 2.00 bits per heavy atom. The van der Waals surface area contributed by atoms with Crippen LogP contribution in [0.1, 0.15) is 18.9 Å². The molecule has 0 saturated heterocycles. The summed E-state index contributed by atoms with van der Waals surface area (Å²) in [5.41, 5.74) is 7.96. The first-order valence-electron chi connectivity index (χ1n) is 11.1. The zero-order valence-corrected chi connectivity index (χ0v) is 19.6. The van der Waals surface area contributed by atoms with Crippen molar-refractivity contribution in [3.8, 4) is 22.8 Å². The van der Waals surface area contributed by atoms with Crippen LogP contribution in [0.3, 0.4) is 0 Å². The molecule has 0 bridgehead atoms. The molecule has 0 unspecified atom stereocenters. The van der Waals surface area contributed by atoms with Crippen molar-refractivity contribution in [1.29, 1.82) is 0 Å². The highest BCUT2D eigenvalue weighted by atomic mass is 32.2. The van der Waals surface area contributed by atoms with E-state index in [1.165, 1.54) is 0 Å². The summed E-state index contributed by atoms with van der Waals surface area (Å²) in [6.45, 7) is 1.81. The first-order valence-corrected chi connectivity index (χ1v) is 12.2. The molecule has 1 amide bonds. The topological polar surface area (TPSA) is 125 Å². The lowest BCUT2D eigenvalue weighted by Gasteiger charge is -2.06. The summed E-state index contributed by atoms with van der Waals surface area (Å²) < 4.78 is 0. The van der Waals surface area contributed by atoms with Crippen LogP contribution in [0.25, 0.3) is 50.4 Å². The largest absolute Gasteiger partial charge is 0.335 e. The van der Waals surface area contributed by atoms with Crippen molar-refractivity contribution >= 4 is 51.0 Å². The molecule has 9 nitrogen and oxygen atoms in total. The van der Waals surface area contributed by atoms with Crippen LogP contribution >= 0.6 is 11.8 Å². The zero-order valence-electron chi connectivity index (χ0n) is 18.7. The van der Waals surface area contributed by atoms with Gasteiger partial charge in [0.15, 0.2) is 11.5 Å². The molecule has 3 N–H and O–H groups in total. The fraction of sp³-hybridized carbons (Fsp3) is 0.120. The summed E-state index contributed by atoms with van der Waals surface area (Å²) in [7, 11) is 0. The maximum Gasteiger partial charge on any atom is 0.224 e. The number of aromatic amines is 2. The molecule has 5 aromatic heterocycles. The van der Waals surface area contributed by atoms with E-state index in [2.05, 4.69) is 48.0 Å². The number of hydrogen-bond acceptors (Lipinski definition) is 7. The van der Waals surface area contributed by atoms with E-state index < -0.39 is 0 Å². The Morgan fingerprint density at radius 3 is 2.86 bits per heavy atom. The van der Waals surface area contributed by atoms with Gasteiger partial charge in [-0.15, -0.1) is 11.8 Å². The van der Waals surface area contributed by atoms with Gasteiger partial charge < -0.3 is 10.3 Å². The highest BCUT2D eigenvalue weighted by Gasteiger charge is 2.18. The predicted octanol–water partition coefficient (Wildman–Crippen LogP) is 4.95. The van der Waals surface area contributed by atoms with Crippen LogP contribution in [0.5, 0.6) is 0 Å². The number of fused-ring (bicyclic) bond motifs is 2. The first-order chi connectivity index (χ1) is 17.2. The lowest BCUT2D eigenvalue weighted by molar-refractivity contribution is -0.115. The molecule has 0 saturated carbocycles. The zero-order chi connectivity index (χ0) is 23.8. The van der Waals surface area contributed by atoms with Gasteiger partial charge in [0.1, 0.15) is 11.0 Å². The molecule has 0 radical (unpaired) electrons. The normalized spacial score (nSPS) is 13.3. The van der Waals surface area contributed by atoms with Gasteiger partial charge in [-0.3, -0.25) is 19.9 Å². The third-order valence-electron chi connectivity index (χ3n) is 5.68. The second kappa shape index (κ2) is 8.80. The van der Waals surface area contributed by atoms with Crippen molar-refractivity contribution in [1.82, 2.24) is 35.1 Å². The molecule has 1 aliphatic heterocycles. The van der Waals surface area contributed by atoms with Gasteiger partial charge in [0, 0.05) is 35.7 Å². The summed E-state index contributed by atoms with van der Waals surface area (Å²) in [4.78, 5) is 33.5. The maximum absolute atomic E-state index is 11.8. The Hall–Kier alpha value is -4.31. The number of imidazole rings is 1. The van der Waals surface area contributed by atoms with E-state index in [1.54, 1.807) is 37.3 Å². The average Bonchev–Trinajstić information content (AvgIpc) is 3.53. The minimum Gasteiger partial charge on any atom is -0.335 e. The number of rotatable bonds is 5. The first kappa shape index (κ1) is 21.2. The fourth-order valence-electron chi connectivity index (χ4n) is 3.94. The van der Waals surface area contributed by atoms with Gasteiger partial charge in [0.2, 0.25) is 5.91 Å². The van der Waals surface area contributed by atoms with Gasteiger partial charge in [-0.05, 0) is 29.2 Å². The number of allylic oxidation sites excluding steroid dienone is 2. The van der Waals surface area contributed by atoms with Crippen LogP contribution < -0.4 is 5.32 Å². The second-order valence-electron chi connectivity index (χ2n) is 8.01. The Morgan fingerprint density at radius 1 is 1.09 bits per heavy atom. The number of carbonyl (C=O) groups excluding carboxylic acids is 1. The standard InChI is InChI=1S/C25H20N8OS/c1-2-21(34)28-16-8-15(9-26-10-16)18-5-6-19-23(29-18)24(33-32-19)25-30-20-12-27-11-17(22(20)31-25)14-4-3-7-35-13-14/h3-6,8-13H,2,7H2,1H3,(H,28,34)(H,30,31)(H,32,33). The van der Waals surface area contributed by atoms with Gasteiger partial charge >= 0.3 is 0 Å². The Balaban J connectivity index is 1.42. The fourth-order valence-corrected chi connectivity index (χ4v) is 4.63. The van der Waals surface area contributed by atoms with E-state index in [1.807, 2.05) is 24.4 Å². The van der Waals surface area contributed by atoms with E-state index in [0.29, 0.717) is 34.8 Å². The van der Waals surface area contributed by atoms with Crippen LogP contribution in [0.15, 0.2) is 60.5 Å². The number of amides is 1. The van der Waals surface area contributed by atoms with Gasteiger partial charge in [-0.2, -0.15) is 5.10 Å². The summed E-state index contributed by atoms with van der Waals surface area (Å²) in [5, 5.41) is 12.5. The van der Waals surface area contributed by atoms with E-state index in [-0.39, 0.29) is 5.91 Å². The predicted molar refractivity (Wildman–Crippen MR) is 138 cm³/mol. The second-order valence-corrected chi connectivity index (χ2v) is 8.91. The van der Waals surface area contributed by atoms with Crippen LogP contribution in [0.4, 0.5) is 5.69 Å². The van der Waals surface area contributed by atoms with E-state index >= 15 is 0 Å². The van der Waals surface area contributed by atoms with Crippen molar-refractivity contribution in [2.45, 2.75) is 13.3 Å². The molecule has 35 heavy (non-hydrogen) atoms. The van der Waals surface area contributed by atoms with E-state index in [4.69, 9.17) is 9.97 Å². The summed E-state index contributed by atoms with van der Waals surface area (Å²) >= 11 is 1.75. The Kier molecular flexibility index (Phi) is 5.34. The van der Waals surface area contributed by atoms with Crippen LogP contribution in [0.2, 0.25) is 0 Å². The third-order valence-corrected chi connectivity index (χ3v) is 6.48. The van der Waals surface area contributed by atoms with E-state index in [9.17, 15) is 4.79 Å². The lowest BCUT2D eigenvalue weighted by atomic mass is 10.1. The molecular formula is C25H20N8OS. The molecule has 1 aliphatic rings. The molecule has 0 atom stereocenters. The van der Waals surface area contributed by atoms with E-state index in [0.717, 1.165) is 39.0 Å². The molecule has 0 aliphatic carbocycles. The minimum absolute atomic E-state index is 0.0682. The van der Waals surface area contributed by atoms with Crippen molar-refractivity contribution < 1.29 is 4.79 Å². The lowest BCUT2D eigenvalue weighted by Crippen LogP contribution is -2.09. The molecule has 5 aromatic rings. The number of thioether (sulfide) groups is 1. The SMILES string of the molecule is CCC(=O)Nc1cncc(-c2ccc3[nH]nc(-c4nc5c(C6=CSCC=C6)cncc5[nH]4)c3n2)c1. The smallest absolute Gasteiger partial charge is 0.224 e. The Bertz CT molecular complexity index is 1650. The summed E-state index contributed by atoms with van der Waals surface area (Å²) in [6, 6.07) is 5.68. The number of nitrogens with zero attached hydrogens (tertiary/aromatic N) is 5. The maximum atomic E-state index is 11.8. The summed E-state index contributed by atoms with van der Waals surface area (Å²) in [5.74, 6) is 1.51. The van der Waals surface area contributed by atoms with Crippen molar-refractivity contribution in [3.05, 3.63) is 66.1 Å². The van der Waals surface area contributed by atoms with Gasteiger partial charge in [0.05, 0.1) is 34.8 Å². The van der Waals surface area contributed by atoms with Gasteiger partial charge in [-0.25, -0.2) is 9.97 Å². The number of carbonyl (C=O) groups is 1. The summed E-state index contributed by atoms with van der Waals surface area (Å²) in [6.07, 6.45) is 11.6. The quantitative estimate of drug-likeness (QED) is 0.325. The van der Waals surface area contributed by atoms with Crippen molar-refractivity contribution in [3.63, 3.8) is 0 Å². The number of anilines is 1. The molecule has 0 spiro atoms. The minimum atomic E-state index is -0.0682. The number of H-pyrrole nitrogens is 2. The Labute approximate surface area is 204 Å². The molecule has 0 fully saturated rings. The molecule has 172 valence electrons. The molecular weight excluding hydrogens is 460 g/mol. The average molecular weight is 481 g/mol. The highest BCUT2D eigenvalue weighted by molar-refractivity contribution is 8.02. The van der Waals surface area contributed by atoms with Gasteiger partial charge in [-0.1, -0.05) is 19.1 Å². The van der Waals surface area contributed by atoms with Crippen LogP contribution in [-0.2, 0) is 4.79 Å². The number of aromatic nitrogens is 7. The highest BCUT2D eigenvalue weighted by Crippen LogP contribution is 2.32. The van der Waals surface area contributed by atoms with Gasteiger partial charge in [0.25, 0.3) is 0 Å². The monoisotopic (exact) mass is 480 g/mol. The van der Waals surface area contributed by atoms with Crippen LogP contribution in [0, 0.1) is 0 Å². The van der Waals surface area contributed by atoms with Crippen LogP contribution in [-0.4, -0.2) is 46.8 Å². The molecule has 10 heteroatoms. The number of hydrogen-bond donors (Lipinski definition) is 3. The molecule has 0 aromatic carbocycles.